The van der Waals surface area contributed by atoms with Crippen molar-refractivity contribution in [3.63, 3.8) is 0 Å². The van der Waals surface area contributed by atoms with Crippen molar-refractivity contribution in [2.75, 3.05) is 12.8 Å². The Morgan fingerprint density at radius 2 is 0.943 bits per heavy atom. The van der Waals surface area contributed by atoms with Gasteiger partial charge in [-0.15, -0.1) is 0 Å². The fourth-order valence-corrected chi connectivity index (χ4v) is 8.75. The Balaban J connectivity index is 1.60. The van der Waals surface area contributed by atoms with E-state index in [0.29, 0.717) is 12.8 Å². The van der Waals surface area contributed by atoms with Crippen molar-refractivity contribution < 1.29 is 9.53 Å². The molecule has 0 aliphatic heterocycles. The number of hydrogen-bond acceptors (Lipinski definition) is 2. The quantitative estimate of drug-likeness (QED) is 0.119. The van der Waals surface area contributed by atoms with Crippen molar-refractivity contribution in [2.45, 2.75) is 71.1 Å². The maximum Gasteiger partial charge on any atom is 0.345 e. The lowest BCUT2D eigenvalue weighted by Gasteiger charge is -2.26. The lowest BCUT2D eigenvalue weighted by atomic mass is 10.1. The number of hydrogen-bond donors (Lipinski definition) is 0. The maximum absolute atomic E-state index is 13.2. The van der Waals surface area contributed by atoms with E-state index in [1.807, 2.05) is 18.2 Å². The molecule has 0 bridgehead atoms. The summed E-state index contributed by atoms with van der Waals surface area (Å²) >= 11 is 0. The zero-order valence-electron chi connectivity index (χ0n) is 21.4. The van der Waals surface area contributed by atoms with Crippen molar-refractivity contribution >= 4 is 29.1 Å². The predicted octanol–water partition coefficient (Wildman–Crippen LogP) is 7.44. The van der Waals surface area contributed by atoms with Crippen LogP contribution in [0.1, 0.15) is 71.1 Å². The molecule has 0 unspecified atom stereocenters. The van der Waals surface area contributed by atoms with Crippen LogP contribution in [0.2, 0.25) is 0 Å². The number of carbonyl (C=O) groups excluding carboxylic acids is 1. The second-order valence-corrected chi connectivity index (χ2v) is 12.9. The van der Waals surface area contributed by atoms with Crippen LogP contribution in [-0.2, 0) is 9.53 Å². The van der Waals surface area contributed by atoms with E-state index in [9.17, 15) is 4.79 Å². The Hall–Kier alpha value is -2.44. The largest absolute Gasteiger partial charge is 0.463 e. The summed E-state index contributed by atoms with van der Waals surface area (Å²) in [6.07, 6.45) is 13.1. The number of carbonyl (C=O) groups is 1. The molecule has 0 saturated carbocycles. The van der Waals surface area contributed by atoms with Gasteiger partial charge in [0.1, 0.15) is 23.2 Å². The minimum absolute atomic E-state index is 0.0918. The van der Waals surface area contributed by atoms with Gasteiger partial charge in [0.2, 0.25) is 0 Å². The number of unbranched alkanes of at least 4 members (excludes halogenated alkanes) is 9. The molecule has 0 N–H and O–H groups in total. The van der Waals surface area contributed by atoms with Gasteiger partial charge in [-0.1, -0.05) is 119 Å². The van der Waals surface area contributed by atoms with Crippen LogP contribution in [0.4, 0.5) is 0 Å². The average molecular weight is 490 g/mol. The summed E-state index contributed by atoms with van der Waals surface area (Å²) < 4.78 is 5.82. The molecule has 3 rings (SSSR count). The fourth-order valence-electron chi connectivity index (χ4n) is 4.78. The molecule has 3 aromatic carbocycles. The molecule has 0 heterocycles. The Labute approximate surface area is 213 Å². The smallest absolute Gasteiger partial charge is 0.345 e. The topological polar surface area (TPSA) is 26.3 Å². The molecule has 0 saturated heterocycles. The molecule has 35 heavy (non-hydrogen) atoms. The maximum atomic E-state index is 13.2. The van der Waals surface area contributed by atoms with E-state index in [2.05, 4.69) is 79.7 Å². The van der Waals surface area contributed by atoms with Crippen LogP contribution in [0.15, 0.2) is 91.0 Å². The van der Waals surface area contributed by atoms with E-state index < -0.39 is 7.26 Å². The molecule has 0 aliphatic carbocycles. The fraction of sp³-hybridized carbons (Fsp3) is 0.406. The summed E-state index contributed by atoms with van der Waals surface area (Å²) in [6.45, 7) is 2.78. The normalized spacial score (nSPS) is 11.3. The molecule has 186 valence electrons. The molecule has 0 spiro atoms. The van der Waals surface area contributed by atoms with Gasteiger partial charge in [0.25, 0.3) is 0 Å². The summed E-state index contributed by atoms with van der Waals surface area (Å²) in [4.78, 5) is 13.2. The van der Waals surface area contributed by atoms with E-state index in [4.69, 9.17) is 4.74 Å². The standard InChI is InChI=1S/C32H42O2P/c1-2-3-4-5-6-7-8-9-10-20-27-34-32(33)28-35(29-21-14-11-15-22-29,30-23-16-12-17-24-30)31-25-18-13-19-26-31/h11-19,21-26H,2-10,20,27-28H2,1H3/q+1. The first kappa shape index (κ1) is 27.2. The Kier molecular flexibility index (Phi) is 12.1. The molecule has 3 aromatic rings. The van der Waals surface area contributed by atoms with Crippen LogP contribution in [-0.4, -0.2) is 18.7 Å². The van der Waals surface area contributed by atoms with Crippen molar-refractivity contribution in [3.05, 3.63) is 91.0 Å². The van der Waals surface area contributed by atoms with Crippen molar-refractivity contribution in [3.8, 4) is 0 Å². The molecule has 3 heteroatoms. The van der Waals surface area contributed by atoms with Gasteiger partial charge in [-0.2, -0.15) is 0 Å². The number of benzene rings is 3. The van der Waals surface area contributed by atoms with Gasteiger partial charge in [-0.25, -0.2) is 4.79 Å². The van der Waals surface area contributed by atoms with Crippen LogP contribution in [0, 0.1) is 0 Å². The van der Waals surface area contributed by atoms with E-state index >= 15 is 0 Å². The summed E-state index contributed by atoms with van der Waals surface area (Å²) in [5.74, 6) is -0.0918. The van der Waals surface area contributed by atoms with Gasteiger partial charge in [0.05, 0.1) is 6.61 Å². The van der Waals surface area contributed by atoms with Crippen molar-refractivity contribution in [1.82, 2.24) is 0 Å². The minimum Gasteiger partial charge on any atom is -0.463 e. The van der Waals surface area contributed by atoms with Crippen molar-refractivity contribution in [1.29, 1.82) is 0 Å². The highest BCUT2D eigenvalue weighted by atomic mass is 31.2. The van der Waals surface area contributed by atoms with Gasteiger partial charge in [-0.3, -0.25) is 0 Å². The summed E-state index contributed by atoms with van der Waals surface area (Å²) in [5, 5.41) is 3.65. The first-order valence-corrected chi connectivity index (χ1v) is 15.5. The minimum atomic E-state index is -2.17. The van der Waals surface area contributed by atoms with Crippen LogP contribution in [0.5, 0.6) is 0 Å². The molecule has 0 radical (unpaired) electrons. The molecular formula is C32H42O2P+. The predicted molar refractivity (Wildman–Crippen MR) is 153 cm³/mol. The van der Waals surface area contributed by atoms with Gasteiger partial charge < -0.3 is 4.74 Å². The summed E-state index contributed by atoms with van der Waals surface area (Å²) in [7, 11) is -2.17. The Morgan fingerprint density at radius 1 is 0.571 bits per heavy atom. The lowest BCUT2D eigenvalue weighted by molar-refractivity contribution is -0.140. The summed E-state index contributed by atoms with van der Waals surface area (Å²) in [6, 6.07) is 31.6. The zero-order valence-corrected chi connectivity index (χ0v) is 22.3. The average Bonchev–Trinajstić information content (AvgIpc) is 2.92. The molecule has 2 nitrogen and oxygen atoms in total. The van der Waals surface area contributed by atoms with Crippen LogP contribution < -0.4 is 15.9 Å². The number of rotatable bonds is 16. The number of ether oxygens (including phenoxy) is 1. The second-order valence-electron chi connectivity index (χ2n) is 9.38. The molecule has 0 aromatic heterocycles. The van der Waals surface area contributed by atoms with Crippen LogP contribution >= 0.6 is 7.26 Å². The first-order valence-electron chi connectivity index (χ1n) is 13.5. The SMILES string of the molecule is CCCCCCCCCCCCOC(=O)C[P+](c1ccccc1)(c1ccccc1)c1ccccc1. The van der Waals surface area contributed by atoms with Gasteiger partial charge in [0.15, 0.2) is 6.16 Å². The third-order valence-corrected chi connectivity index (χ3v) is 11.0. The van der Waals surface area contributed by atoms with Crippen LogP contribution in [0.3, 0.4) is 0 Å². The second kappa shape index (κ2) is 15.5. The van der Waals surface area contributed by atoms with E-state index in [-0.39, 0.29) is 5.97 Å². The molecule has 0 amide bonds. The first-order chi connectivity index (χ1) is 17.3. The third kappa shape index (κ3) is 8.32. The van der Waals surface area contributed by atoms with Crippen molar-refractivity contribution in [2.24, 2.45) is 0 Å². The van der Waals surface area contributed by atoms with E-state index in [1.165, 1.54) is 67.3 Å². The lowest BCUT2D eigenvalue weighted by Crippen LogP contribution is -2.36. The molecular weight excluding hydrogens is 447 g/mol. The molecule has 0 fully saturated rings. The van der Waals surface area contributed by atoms with Gasteiger partial charge in [0, 0.05) is 0 Å². The highest BCUT2D eigenvalue weighted by Crippen LogP contribution is 2.55. The highest BCUT2D eigenvalue weighted by molar-refractivity contribution is 7.96. The van der Waals surface area contributed by atoms with Gasteiger partial charge in [-0.05, 0) is 42.8 Å². The third-order valence-electron chi connectivity index (χ3n) is 6.72. The van der Waals surface area contributed by atoms with Gasteiger partial charge >= 0.3 is 5.97 Å². The zero-order chi connectivity index (χ0) is 24.6. The van der Waals surface area contributed by atoms with E-state index in [1.54, 1.807) is 0 Å². The van der Waals surface area contributed by atoms with Crippen LogP contribution in [0.25, 0.3) is 0 Å². The summed E-state index contributed by atoms with van der Waals surface area (Å²) in [5.41, 5.74) is 0. The number of esters is 1. The molecule has 0 aliphatic rings. The monoisotopic (exact) mass is 489 g/mol. The Morgan fingerprint density at radius 3 is 1.34 bits per heavy atom. The van der Waals surface area contributed by atoms with E-state index in [0.717, 1.165) is 12.8 Å². The Bertz CT molecular complexity index is 860. The highest BCUT2D eigenvalue weighted by Gasteiger charge is 2.47. The molecule has 0 atom stereocenters.